The summed E-state index contributed by atoms with van der Waals surface area (Å²) in [6.45, 7) is 1.89. The Hall–Kier alpha value is -2.76. The Labute approximate surface area is 131 Å². The van der Waals surface area contributed by atoms with Crippen molar-refractivity contribution in [3.63, 3.8) is 0 Å². The summed E-state index contributed by atoms with van der Waals surface area (Å²) in [7, 11) is 0. The fourth-order valence-corrected chi connectivity index (χ4v) is 1.86. The van der Waals surface area contributed by atoms with E-state index in [0.717, 1.165) is 5.56 Å². The molecule has 0 bridgehead atoms. The van der Waals surface area contributed by atoms with Crippen molar-refractivity contribution in [2.75, 3.05) is 5.32 Å². The lowest BCUT2D eigenvalue weighted by molar-refractivity contribution is -0.274. The van der Waals surface area contributed by atoms with Crippen LogP contribution in [0.25, 0.3) is 0 Å². The van der Waals surface area contributed by atoms with Crippen LogP contribution in [0.1, 0.15) is 15.9 Å². The van der Waals surface area contributed by atoms with Gasteiger partial charge in [-0.15, -0.1) is 13.2 Å². The molecule has 6 heteroatoms. The van der Waals surface area contributed by atoms with E-state index in [1.807, 2.05) is 13.0 Å². The molecule has 0 aromatic heterocycles. The zero-order valence-electron chi connectivity index (χ0n) is 12.2. The molecule has 2 aromatic carbocycles. The van der Waals surface area contributed by atoms with Gasteiger partial charge in [0.25, 0.3) is 0 Å². The summed E-state index contributed by atoms with van der Waals surface area (Å²) in [5.41, 5.74) is 2.09. The van der Waals surface area contributed by atoms with Crippen molar-refractivity contribution in [1.29, 1.82) is 0 Å². The highest BCUT2D eigenvalue weighted by Gasteiger charge is 2.30. The molecule has 23 heavy (non-hydrogen) atoms. The summed E-state index contributed by atoms with van der Waals surface area (Å²) >= 11 is 0. The van der Waals surface area contributed by atoms with Crippen LogP contribution in [0.15, 0.2) is 60.8 Å². The Bertz CT molecular complexity index is 707. The first-order chi connectivity index (χ1) is 10.8. The summed E-state index contributed by atoms with van der Waals surface area (Å²) < 4.78 is 39.9. The maximum Gasteiger partial charge on any atom is 0.573 e. The molecule has 0 amide bonds. The van der Waals surface area contributed by atoms with E-state index in [1.165, 1.54) is 36.5 Å². The van der Waals surface area contributed by atoms with Crippen LogP contribution in [0.4, 0.5) is 18.9 Å². The minimum absolute atomic E-state index is 0.168. The lowest BCUT2D eigenvalue weighted by Gasteiger charge is -2.09. The Morgan fingerprint density at radius 2 is 1.83 bits per heavy atom. The lowest BCUT2D eigenvalue weighted by Crippen LogP contribution is -2.16. The van der Waals surface area contributed by atoms with Gasteiger partial charge in [-0.2, -0.15) is 0 Å². The number of ketones is 1. The monoisotopic (exact) mass is 321 g/mol. The van der Waals surface area contributed by atoms with Crippen molar-refractivity contribution in [1.82, 2.24) is 0 Å². The minimum atomic E-state index is -4.71. The molecule has 0 atom stereocenters. The van der Waals surface area contributed by atoms with E-state index in [4.69, 9.17) is 0 Å². The molecule has 0 fully saturated rings. The number of carbonyl (C=O) groups is 1. The second-order valence-corrected chi connectivity index (χ2v) is 4.78. The highest BCUT2D eigenvalue weighted by atomic mass is 19.4. The highest BCUT2D eigenvalue weighted by molar-refractivity contribution is 6.04. The van der Waals surface area contributed by atoms with Gasteiger partial charge in [0.1, 0.15) is 5.75 Å². The summed E-state index contributed by atoms with van der Waals surface area (Å²) in [6.07, 6.45) is -1.92. The fraction of sp³-hybridized carbons (Fsp3) is 0.118. The number of hydrogen-bond acceptors (Lipinski definition) is 3. The van der Waals surface area contributed by atoms with Crippen molar-refractivity contribution < 1.29 is 22.7 Å². The zero-order valence-corrected chi connectivity index (χ0v) is 12.2. The first kappa shape index (κ1) is 16.6. The first-order valence-electron chi connectivity index (χ1n) is 6.73. The van der Waals surface area contributed by atoms with E-state index in [2.05, 4.69) is 10.1 Å². The molecular formula is C17H14F3NO2. The molecule has 0 saturated heterocycles. The Kier molecular flexibility index (Phi) is 5.05. The first-order valence-corrected chi connectivity index (χ1v) is 6.73. The van der Waals surface area contributed by atoms with Crippen molar-refractivity contribution >= 4 is 11.5 Å². The molecule has 0 aliphatic carbocycles. The standard InChI is InChI=1S/C17H14F3NO2/c1-12-3-2-4-13(11-12)16(22)9-10-21-14-5-7-15(8-6-14)23-17(18,19)20/h2-11,21H,1H3. The number of nitrogens with one attached hydrogen (secondary N) is 1. The molecule has 0 heterocycles. The Morgan fingerprint density at radius 3 is 2.43 bits per heavy atom. The number of allylic oxidation sites excluding steroid dienone is 1. The number of hydrogen-bond donors (Lipinski definition) is 1. The predicted molar refractivity (Wildman–Crippen MR) is 81.4 cm³/mol. The van der Waals surface area contributed by atoms with Crippen molar-refractivity contribution in [3.8, 4) is 5.75 Å². The number of benzene rings is 2. The van der Waals surface area contributed by atoms with Gasteiger partial charge >= 0.3 is 6.36 Å². The van der Waals surface area contributed by atoms with Gasteiger partial charge < -0.3 is 10.1 Å². The van der Waals surface area contributed by atoms with E-state index < -0.39 is 6.36 Å². The van der Waals surface area contributed by atoms with Gasteiger partial charge in [0.05, 0.1) is 0 Å². The van der Waals surface area contributed by atoms with Crippen LogP contribution >= 0.6 is 0 Å². The number of aryl methyl sites for hydroxylation is 1. The second kappa shape index (κ2) is 7.00. The van der Waals surface area contributed by atoms with Crippen LogP contribution < -0.4 is 10.1 Å². The Morgan fingerprint density at radius 1 is 1.13 bits per heavy atom. The molecule has 3 nitrogen and oxygen atoms in total. The molecule has 0 aliphatic heterocycles. The number of halogens is 3. The van der Waals surface area contributed by atoms with Crippen LogP contribution in [-0.4, -0.2) is 12.1 Å². The quantitative estimate of drug-likeness (QED) is 0.640. The fourth-order valence-electron chi connectivity index (χ4n) is 1.86. The smallest absolute Gasteiger partial charge is 0.406 e. The third-order valence-corrected chi connectivity index (χ3v) is 2.88. The van der Waals surface area contributed by atoms with Crippen molar-refractivity contribution in [2.24, 2.45) is 0 Å². The largest absolute Gasteiger partial charge is 0.573 e. The normalized spacial score (nSPS) is 11.5. The molecule has 0 unspecified atom stereocenters. The van der Waals surface area contributed by atoms with Crippen LogP contribution in [-0.2, 0) is 0 Å². The summed E-state index contributed by atoms with van der Waals surface area (Å²) in [6, 6.07) is 12.4. The molecule has 0 spiro atoms. The maximum absolute atomic E-state index is 12.0. The van der Waals surface area contributed by atoms with Crippen LogP contribution in [0.5, 0.6) is 5.75 Å². The van der Waals surface area contributed by atoms with Crippen LogP contribution in [0, 0.1) is 6.92 Å². The van der Waals surface area contributed by atoms with E-state index in [-0.39, 0.29) is 11.5 Å². The zero-order chi connectivity index (χ0) is 16.9. The number of anilines is 1. The molecule has 120 valence electrons. The van der Waals surface area contributed by atoms with E-state index in [9.17, 15) is 18.0 Å². The summed E-state index contributed by atoms with van der Waals surface area (Å²) in [5.74, 6) is -0.471. The predicted octanol–water partition coefficient (Wildman–Crippen LogP) is 4.70. The van der Waals surface area contributed by atoms with Gasteiger partial charge in [-0.3, -0.25) is 4.79 Å². The van der Waals surface area contributed by atoms with Gasteiger partial charge in [-0.05, 0) is 37.3 Å². The summed E-state index contributed by atoms with van der Waals surface area (Å²) in [5, 5.41) is 2.81. The molecule has 2 rings (SSSR count). The lowest BCUT2D eigenvalue weighted by atomic mass is 10.1. The Balaban J connectivity index is 1.94. The number of alkyl halides is 3. The molecule has 0 aliphatic rings. The molecule has 2 aromatic rings. The van der Waals surface area contributed by atoms with E-state index >= 15 is 0 Å². The van der Waals surface area contributed by atoms with Gasteiger partial charge in [-0.25, -0.2) is 0 Å². The minimum Gasteiger partial charge on any atom is -0.406 e. The SMILES string of the molecule is Cc1cccc(C(=O)C=CNc2ccc(OC(F)(F)F)cc2)c1. The molecule has 1 N–H and O–H groups in total. The number of carbonyl (C=O) groups excluding carboxylic acids is 1. The van der Waals surface area contributed by atoms with Gasteiger partial charge in [0.15, 0.2) is 5.78 Å². The molecule has 0 saturated carbocycles. The van der Waals surface area contributed by atoms with Crippen LogP contribution in [0.3, 0.4) is 0 Å². The average molecular weight is 321 g/mol. The molecular weight excluding hydrogens is 307 g/mol. The third kappa shape index (κ3) is 5.50. The van der Waals surface area contributed by atoms with Crippen LogP contribution in [0.2, 0.25) is 0 Å². The van der Waals surface area contributed by atoms with Crippen molar-refractivity contribution in [3.05, 3.63) is 71.9 Å². The van der Waals surface area contributed by atoms with E-state index in [1.54, 1.807) is 18.2 Å². The van der Waals surface area contributed by atoms with Gasteiger partial charge in [0.2, 0.25) is 0 Å². The second-order valence-electron chi connectivity index (χ2n) is 4.78. The topological polar surface area (TPSA) is 38.3 Å². The third-order valence-electron chi connectivity index (χ3n) is 2.88. The van der Waals surface area contributed by atoms with Gasteiger partial charge in [-0.1, -0.05) is 23.8 Å². The highest BCUT2D eigenvalue weighted by Crippen LogP contribution is 2.23. The maximum atomic E-state index is 12.0. The van der Waals surface area contributed by atoms with Gasteiger partial charge in [0, 0.05) is 23.5 Å². The number of rotatable bonds is 5. The van der Waals surface area contributed by atoms with E-state index in [0.29, 0.717) is 11.3 Å². The summed E-state index contributed by atoms with van der Waals surface area (Å²) in [4.78, 5) is 11.9. The number of ether oxygens (including phenoxy) is 1. The van der Waals surface area contributed by atoms with Crippen molar-refractivity contribution in [2.45, 2.75) is 13.3 Å². The average Bonchev–Trinajstić information content (AvgIpc) is 2.47. The molecule has 0 radical (unpaired) electrons.